The molecular weight excluding hydrogens is 160 g/mol. The smallest absolute Gasteiger partial charge is 0.304 e. The lowest BCUT2D eigenvalue weighted by molar-refractivity contribution is -0.136. The zero-order chi connectivity index (χ0) is 8.27. The first kappa shape index (κ1) is 8.91. The zero-order valence-electron chi connectivity index (χ0n) is 6.75. The summed E-state index contributed by atoms with van der Waals surface area (Å²) in [5, 5.41) is 8.74. The summed E-state index contributed by atoms with van der Waals surface area (Å²) in [6.07, 6.45) is 3.01. The molecule has 1 N–H and O–H groups in total. The highest BCUT2D eigenvalue weighted by atomic mass is 32.2. The van der Waals surface area contributed by atoms with Gasteiger partial charge in [-0.1, -0.05) is 6.92 Å². The molecule has 0 aromatic rings. The van der Waals surface area contributed by atoms with E-state index in [-0.39, 0.29) is 5.25 Å². The third kappa shape index (κ3) is 4.30. The molecule has 0 radical (unpaired) electrons. The fraction of sp³-hybridized carbons (Fsp3) is 0.875. The van der Waals surface area contributed by atoms with E-state index in [1.807, 2.05) is 6.92 Å². The van der Waals surface area contributed by atoms with E-state index >= 15 is 0 Å². The topological polar surface area (TPSA) is 37.3 Å². The first-order valence-corrected chi connectivity index (χ1v) is 5.06. The molecule has 0 heterocycles. The van der Waals surface area contributed by atoms with E-state index in [4.69, 9.17) is 5.11 Å². The van der Waals surface area contributed by atoms with Gasteiger partial charge in [0.05, 0.1) is 6.42 Å². The Morgan fingerprint density at radius 1 is 1.73 bits per heavy atom. The minimum Gasteiger partial charge on any atom is -0.481 e. The summed E-state index contributed by atoms with van der Waals surface area (Å²) in [6, 6.07) is 0. The van der Waals surface area contributed by atoms with Crippen LogP contribution in [-0.2, 0) is 4.79 Å². The standard InChI is InChI=1S/C8H14O2S/c1-6(4-8(9)10)11-5-7-2-3-7/h6-7H,2-5H2,1H3,(H,9,10). The van der Waals surface area contributed by atoms with E-state index in [1.165, 1.54) is 12.8 Å². The lowest BCUT2D eigenvalue weighted by Crippen LogP contribution is -2.06. The van der Waals surface area contributed by atoms with Crippen LogP contribution < -0.4 is 0 Å². The van der Waals surface area contributed by atoms with Gasteiger partial charge < -0.3 is 5.11 Å². The van der Waals surface area contributed by atoms with Crippen LogP contribution in [0, 0.1) is 5.92 Å². The van der Waals surface area contributed by atoms with Crippen LogP contribution in [0.15, 0.2) is 0 Å². The molecule has 0 bridgehead atoms. The first-order chi connectivity index (χ1) is 5.18. The predicted molar refractivity (Wildman–Crippen MR) is 46.9 cm³/mol. The van der Waals surface area contributed by atoms with Crippen LogP contribution >= 0.6 is 11.8 Å². The number of aliphatic carboxylic acids is 1. The van der Waals surface area contributed by atoms with Gasteiger partial charge in [-0.15, -0.1) is 0 Å². The van der Waals surface area contributed by atoms with Gasteiger partial charge in [-0.05, 0) is 24.5 Å². The third-order valence-corrected chi connectivity index (χ3v) is 3.18. The van der Waals surface area contributed by atoms with Crippen molar-refractivity contribution < 1.29 is 9.90 Å². The number of rotatable bonds is 5. The summed E-state index contributed by atoms with van der Waals surface area (Å²) in [5.41, 5.74) is 0. The normalized spacial score (nSPS) is 19.7. The second-order valence-electron chi connectivity index (χ2n) is 3.19. The molecule has 1 aliphatic carbocycles. The highest BCUT2D eigenvalue weighted by Crippen LogP contribution is 2.34. The molecule has 1 fully saturated rings. The molecule has 1 saturated carbocycles. The maximum absolute atomic E-state index is 10.3. The van der Waals surface area contributed by atoms with Crippen LogP contribution in [0.4, 0.5) is 0 Å². The Morgan fingerprint density at radius 2 is 2.36 bits per heavy atom. The van der Waals surface area contributed by atoms with Crippen molar-refractivity contribution in [3.8, 4) is 0 Å². The van der Waals surface area contributed by atoms with E-state index in [0.717, 1.165) is 11.7 Å². The quantitative estimate of drug-likeness (QED) is 0.692. The Hall–Kier alpha value is -0.180. The number of hydrogen-bond acceptors (Lipinski definition) is 2. The molecule has 1 atom stereocenters. The van der Waals surface area contributed by atoms with Crippen molar-refractivity contribution in [2.24, 2.45) is 5.92 Å². The fourth-order valence-electron chi connectivity index (χ4n) is 0.890. The van der Waals surface area contributed by atoms with Crippen molar-refractivity contribution in [2.75, 3.05) is 5.75 Å². The maximum Gasteiger partial charge on any atom is 0.304 e. The molecular formula is C8H14O2S. The van der Waals surface area contributed by atoms with Crippen LogP contribution in [0.1, 0.15) is 26.2 Å². The monoisotopic (exact) mass is 174 g/mol. The largest absolute Gasteiger partial charge is 0.481 e. The molecule has 0 aliphatic heterocycles. The van der Waals surface area contributed by atoms with Crippen LogP contribution in [0.5, 0.6) is 0 Å². The van der Waals surface area contributed by atoms with Gasteiger partial charge in [0, 0.05) is 5.25 Å². The molecule has 0 saturated heterocycles. The lowest BCUT2D eigenvalue weighted by Gasteiger charge is -2.06. The minimum absolute atomic E-state index is 0.285. The van der Waals surface area contributed by atoms with Crippen molar-refractivity contribution in [3.63, 3.8) is 0 Å². The average Bonchev–Trinajstić information content (AvgIpc) is 2.63. The fourth-order valence-corrected chi connectivity index (χ4v) is 2.08. The molecule has 0 aromatic carbocycles. The van der Waals surface area contributed by atoms with Crippen LogP contribution in [0.3, 0.4) is 0 Å². The molecule has 0 aromatic heterocycles. The van der Waals surface area contributed by atoms with Gasteiger partial charge in [-0.25, -0.2) is 0 Å². The number of carbonyl (C=O) groups is 1. The molecule has 2 nitrogen and oxygen atoms in total. The van der Waals surface area contributed by atoms with E-state index in [0.29, 0.717) is 6.42 Å². The highest BCUT2D eigenvalue weighted by Gasteiger charge is 2.22. The van der Waals surface area contributed by atoms with Crippen LogP contribution in [0.25, 0.3) is 0 Å². The van der Waals surface area contributed by atoms with Crippen LogP contribution in [0.2, 0.25) is 0 Å². The van der Waals surface area contributed by atoms with Crippen molar-refractivity contribution in [1.82, 2.24) is 0 Å². The SMILES string of the molecule is CC(CC(=O)O)SCC1CC1. The summed E-state index contributed by atoms with van der Waals surface area (Å²) in [7, 11) is 0. The average molecular weight is 174 g/mol. The Balaban J connectivity index is 1.99. The van der Waals surface area contributed by atoms with Crippen molar-refractivity contribution in [1.29, 1.82) is 0 Å². The number of carboxylic acids is 1. The summed E-state index contributed by atoms with van der Waals surface area (Å²) < 4.78 is 0. The molecule has 11 heavy (non-hydrogen) atoms. The number of thioether (sulfide) groups is 1. The van der Waals surface area contributed by atoms with Gasteiger partial charge in [-0.3, -0.25) is 4.79 Å². The highest BCUT2D eigenvalue weighted by molar-refractivity contribution is 7.99. The maximum atomic E-state index is 10.3. The summed E-state index contributed by atoms with van der Waals surface area (Å²) in [5.74, 6) is 1.38. The molecule has 1 unspecified atom stereocenters. The van der Waals surface area contributed by atoms with Crippen LogP contribution in [-0.4, -0.2) is 22.1 Å². The van der Waals surface area contributed by atoms with Crippen molar-refractivity contribution >= 4 is 17.7 Å². The minimum atomic E-state index is -0.680. The van der Waals surface area contributed by atoms with Gasteiger partial charge in [0.2, 0.25) is 0 Å². The molecule has 64 valence electrons. The molecule has 3 heteroatoms. The van der Waals surface area contributed by atoms with Crippen molar-refractivity contribution in [3.05, 3.63) is 0 Å². The summed E-state index contributed by atoms with van der Waals surface area (Å²) in [4.78, 5) is 10.3. The van der Waals surface area contributed by atoms with Gasteiger partial charge in [-0.2, -0.15) is 11.8 Å². The Kier molecular flexibility index (Phi) is 3.24. The zero-order valence-corrected chi connectivity index (χ0v) is 7.56. The summed E-state index contributed by atoms with van der Waals surface area (Å²) in [6.45, 7) is 1.99. The van der Waals surface area contributed by atoms with Gasteiger partial charge >= 0.3 is 5.97 Å². The second kappa shape index (κ2) is 4.00. The molecule has 1 rings (SSSR count). The van der Waals surface area contributed by atoms with Gasteiger partial charge in [0.25, 0.3) is 0 Å². The first-order valence-electron chi connectivity index (χ1n) is 4.02. The van der Waals surface area contributed by atoms with E-state index in [9.17, 15) is 4.79 Å². The molecule has 1 aliphatic rings. The van der Waals surface area contributed by atoms with Gasteiger partial charge in [0.1, 0.15) is 0 Å². The Labute approximate surface area is 71.4 Å². The Morgan fingerprint density at radius 3 is 2.82 bits per heavy atom. The predicted octanol–water partition coefficient (Wildman–Crippen LogP) is 1.99. The van der Waals surface area contributed by atoms with Gasteiger partial charge in [0.15, 0.2) is 0 Å². The number of carboxylic acid groups (broad SMARTS) is 1. The number of hydrogen-bond donors (Lipinski definition) is 1. The summed E-state index contributed by atoms with van der Waals surface area (Å²) >= 11 is 1.79. The van der Waals surface area contributed by atoms with E-state index < -0.39 is 5.97 Å². The van der Waals surface area contributed by atoms with Crippen molar-refractivity contribution in [2.45, 2.75) is 31.4 Å². The van der Waals surface area contributed by atoms with E-state index in [2.05, 4.69) is 0 Å². The molecule has 0 spiro atoms. The van der Waals surface area contributed by atoms with E-state index in [1.54, 1.807) is 11.8 Å². The molecule has 0 amide bonds. The second-order valence-corrected chi connectivity index (χ2v) is 4.66. The third-order valence-electron chi connectivity index (χ3n) is 1.78. The Bertz CT molecular complexity index is 143. The lowest BCUT2D eigenvalue weighted by atomic mass is 10.3.